The molecule has 2 fully saturated rings. The van der Waals surface area contributed by atoms with E-state index in [9.17, 15) is 4.79 Å². The second-order valence-corrected chi connectivity index (χ2v) is 5.16. The zero-order chi connectivity index (χ0) is 11.4. The van der Waals surface area contributed by atoms with Crippen molar-refractivity contribution in [2.75, 3.05) is 13.1 Å². The number of amides is 1. The summed E-state index contributed by atoms with van der Waals surface area (Å²) < 4.78 is 0. The fraction of sp³-hybridized carbons (Fsp3) is 0.917. The first kappa shape index (κ1) is 11.9. The molecule has 0 aromatic carbocycles. The van der Waals surface area contributed by atoms with Gasteiger partial charge in [-0.3, -0.25) is 4.79 Å². The Morgan fingerprint density at radius 3 is 2.62 bits per heavy atom. The van der Waals surface area contributed by atoms with E-state index in [0.717, 1.165) is 25.3 Å². The summed E-state index contributed by atoms with van der Waals surface area (Å²) in [5, 5.41) is 6.38. The number of carbonyl (C=O) groups excluding carboxylic acids is 1. The second kappa shape index (κ2) is 5.64. The molecule has 0 aliphatic heterocycles. The van der Waals surface area contributed by atoms with Gasteiger partial charge in [-0.05, 0) is 31.7 Å². The number of nitrogens with two attached hydrogens (primary N) is 1. The van der Waals surface area contributed by atoms with Crippen molar-refractivity contribution in [1.82, 2.24) is 10.6 Å². The molecule has 0 heterocycles. The molecule has 1 unspecified atom stereocenters. The van der Waals surface area contributed by atoms with Gasteiger partial charge < -0.3 is 16.4 Å². The number of hydrogen-bond acceptors (Lipinski definition) is 3. The zero-order valence-electron chi connectivity index (χ0n) is 9.87. The molecule has 2 aliphatic carbocycles. The highest BCUT2D eigenvalue weighted by molar-refractivity contribution is 5.77. The topological polar surface area (TPSA) is 67.2 Å². The van der Waals surface area contributed by atoms with Crippen LogP contribution in [0.5, 0.6) is 0 Å². The minimum Gasteiger partial charge on any atom is -0.353 e. The maximum Gasteiger partial charge on any atom is 0.221 e. The average molecular weight is 225 g/mol. The lowest BCUT2D eigenvalue weighted by atomic mass is 10.2. The van der Waals surface area contributed by atoms with Crippen molar-refractivity contribution >= 4 is 5.91 Å². The SMILES string of the molecule is NCC(CC(=O)NC1CC1)NCCC1CC1. The van der Waals surface area contributed by atoms with E-state index in [2.05, 4.69) is 10.6 Å². The third kappa shape index (κ3) is 4.49. The summed E-state index contributed by atoms with van der Waals surface area (Å²) in [5.74, 6) is 1.09. The Bertz CT molecular complexity index is 236. The van der Waals surface area contributed by atoms with Crippen LogP contribution < -0.4 is 16.4 Å². The molecule has 0 bridgehead atoms. The van der Waals surface area contributed by atoms with Crippen molar-refractivity contribution in [3.63, 3.8) is 0 Å². The normalized spacial score (nSPS) is 21.8. The molecular weight excluding hydrogens is 202 g/mol. The first-order valence-corrected chi connectivity index (χ1v) is 6.50. The van der Waals surface area contributed by atoms with Crippen LogP contribution in [0.15, 0.2) is 0 Å². The summed E-state index contributed by atoms with van der Waals surface area (Å²) in [6.45, 7) is 1.55. The van der Waals surface area contributed by atoms with Gasteiger partial charge in [-0.25, -0.2) is 0 Å². The zero-order valence-corrected chi connectivity index (χ0v) is 9.87. The molecule has 0 saturated heterocycles. The fourth-order valence-electron chi connectivity index (χ4n) is 1.88. The van der Waals surface area contributed by atoms with Crippen molar-refractivity contribution in [3.8, 4) is 0 Å². The van der Waals surface area contributed by atoms with Crippen LogP contribution in [0.4, 0.5) is 0 Å². The predicted molar refractivity (Wildman–Crippen MR) is 64.0 cm³/mol. The summed E-state index contributed by atoms with van der Waals surface area (Å²) in [5.41, 5.74) is 5.66. The van der Waals surface area contributed by atoms with Gasteiger partial charge in [0.1, 0.15) is 0 Å². The van der Waals surface area contributed by atoms with Gasteiger partial charge in [0.15, 0.2) is 0 Å². The van der Waals surface area contributed by atoms with Crippen molar-refractivity contribution in [2.45, 2.75) is 50.6 Å². The molecule has 4 heteroatoms. The van der Waals surface area contributed by atoms with Gasteiger partial charge in [0.25, 0.3) is 0 Å². The highest BCUT2D eigenvalue weighted by Gasteiger charge is 2.24. The summed E-state index contributed by atoms with van der Waals surface area (Å²) in [7, 11) is 0. The van der Waals surface area contributed by atoms with Crippen LogP contribution in [0.3, 0.4) is 0 Å². The Morgan fingerprint density at radius 2 is 2.06 bits per heavy atom. The molecule has 2 aliphatic rings. The lowest BCUT2D eigenvalue weighted by Crippen LogP contribution is -2.41. The standard InChI is InChI=1S/C12H23N3O/c13-8-11(14-6-5-9-1-2-9)7-12(16)15-10-3-4-10/h9-11,14H,1-8,13H2,(H,15,16). The maximum absolute atomic E-state index is 11.6. The van der Waals surface area contributed by atoms with Crippen LogP contribution >= 0.6 is 0 Å². The van der Waals surface area contributed by atoms with Crippen molar-refractivity contribution in [1.29, 1.82) is 0 Å². The number of nitrogens with one attached hydrogen (secondary N) is 2. The van der Waals surface area contributed by atoms with Crippen LogP contribution in [0, 0.1) is 5.92 Å². The van der Waals surface area contributed by atoms with Crippen LogP contribution in [0.2, 0.25) is 0 Å². The van der Waals surface area contributed by atoms with Crippen molar-refractivity contribution in [3.05, 3.63) is 0 Å². The van der Waals surface area contributed by atoms with Crippen LogP contribution in [0.25, 0.3) is 0 Å². The van der Waals surface area contributed by atoms with Crippen LogP contribution in [-0.2, 0) is 4.79 Å². The number of hydrogen-bond donors (Lipinski definition) is 3. The Kier molecular flexibility index (Phi) is 4.18. The fourth-order valence-corrected chi connectivity index (χ4v) is 1.88. The highest BCUT2D eigenvalue weighted by Crippen LogP contribution is 2.31. The number of carbonyl (C=O) groups is 1. The predicted octanol–water partition coefficient (Wildman–Crippen LogP) is 0.372. The second-order valence-electron chi connectivity index (χ2n) is 5.16. The monoisotopic (exact) mass is 225 g/mol. The lowest BCUT2D eigenvalue weighted by Gasteiger charge is -2.16. The van der Waals surface area contributed by atoms with E-state index >= 15 is 0 Å². The molecule has 0 aromatic rings. The highest BCUT2D eigenvalue weighted by atomic mass is 16.1. The van der Waals surface area contributed by atoms with E-state index in [-0.39, 0.29) is 11.9 Å². The lowest BCUT2D eigenvalue weighted by molar-refractivity contribution is -0.121. The van der Waals surface area contributed by atoms with Gasteiger partial charge in [-0.1, -0.05) is 12.8 Å². The first-order chi connectivity index (χ1) is 7.78. The minimum absolute atomic E-state index is 0.150. The van der Waals surface area contributed by atoms with E-state index in [1.54, 1.807) is 0 Å². The van der Waals surface area contributed by atoms with Gasteiger partial charge in [-0.2, -0.15) is 0 Å². The van der Waals surface area contributed by atoms with E-state index < -0.39 is 0 Å². The maximum atomic E-state index is 11.6. The Balaban J connectivity index is 1.56. The third-order valence-electron chi connectivity index (χ3n) is 3.34. The van der Waals surface area contributed by atoms with Crippen molar-refractivity contribution < 1.29 is 4.79 Å². The molecule has 16 heavy (non-hydrogen) atoms. The largest absolute Gasteiger partial charge is 0.353 e. The molecule has 4 N–H and O–H groups in total. The van der Waals surface area contributed by atoms with E-state index in [4.69, 9.17) is 5.73 Å². The molecule has 0 spiro atoms. The Hall–Kier alpha value is -0.610. The van der Waals surface area contributed by atoms with Gasteiger partial charge in [0, 0.05) is 25.0 Å². The molecule has 4 nitrogen and oxygen atoms in total. The molecule has 2 rings (SSSR count). The van der Waals surface area contributed by atoms with Gasteiger partial charge >= 0.3 is 0 Å². The van der Waals surface area contributed by atoms with Gasteiger partial charge in [0.05, 0.1) is 0 Å². The van der Waals surface area contributed by atoms with E-state index in [1.165, 1.54) is 19.3 Å². The molecular formula is C12H23N3O. The molecule has 1 amide bonds. The molecule has 0 radical (unpaired) electrons. The van der Waals surface area contributed by atoms with Crippen LogP contribution in [0.1, 0.15) is 38.5 Å². The molecule has 92 valence electrons. The van der Waals surface area contributed by atoms with Gasteiger partial charge in [-0.15, -0.1) is 0 Å². The average Bonchev–Trinajstić information content (AvgIpc) is 3.09. The third-order valence-corrected chi connectivity index (χ3v) is 3.34. The van der Waals surface area contributed by atoms with Crippen LogP contribution in [-0.4, -0.2) is 31.1 Å². The molecule has 1 atom stereocenters. The Labute approximate surface area is 97.3 Å². The summed E-state index contributed by atoms with van der Waals surface area (Å²) >= 11 is 0. The van der Waals surface area contributed by atoms with E-state index in [1.807, 2.05) is 0 Å². The minimum atomic E-state index is 0.150. The Morgan fingerprint density at radius 1 is 1.31 bits per heavy atom. The molecule has 0 aromatic heterocycles. The molecule has 2 saturated carbocycles. The van der Waals surface area contributed by atoms with Crippen molar-refractivity contribution in [2.24, 2.45) is 11.7 Å². The van der Waals surface area contributed by atoms with E-state index in [0.29, 0.717) is 19.0 Å². The summed E-state index contributed by atoms with van der Waals surface area (Å²) in [4.78, 5) is 11.6. The summed E-state index contributed by atoms with van der Waals surface area (Å²) in [6, 6.07) is 0.606. The number of rotatable bonds is 8. The smallest absolute Gasteiger partial charge is 0.221 e. The quantitative estimate of drug-likeness (QED) is 0.559. The first-order valence-electron chi connectivity index (χ1n) is 6.50. The van der Waals surface area contributed by atoms with Gasteiger partial charge in [0.2, 0.25) is 5.91 Å². The summed E-state index contributed by atoms with van der Waals surface area (Å²) in [6.07, 6.45) is 6.83.